The average Bonchev–Trinajstić information content (AvgIpc) is 2.10. The quantitative estimate of drug-likeness (QED) is 0.820. The Hall–Kier alpha value is -0.940. The summed E-state index contributed by atoms with van der Waals surface area (Å²) in [6.45, 7) is 1.80. The van der Waals surface area contributed by atoms with Crippen molar-refractivity contribution in [3.63, 3.8) is 0 Å². The molecule has 0 aliphatic carbocycles. The normalized spacial score (nSPS) is 13.7. The average molecular weight is 267 g/mol. The highest BCUT2D eigenvalue weighted by Crippen LogP contribution is 2.22. The minimum absolute atomic E-state index is 0.308. The van der Waals surface area contributed by atoms with Crippen molar-refractivity contribution in [3.05, 3.63) is 28.8 Å². The van der Waals surface area contributed by atoms with Crippen LogP contribution in [0.1, 0.15) is 18.9 Å². The molecular weight excluding hydrogens is 253 g/mol. The third-order valence-corrected chi connectivity index (χ3v) is 2.39. The lowest BCUT2D eigenvalue weighted by Gasteiger charge is -2.16. The van der Waals surface area contributed by atoms with Crippen LogP contribution in [0.5, 0.6) is 0 Å². The molecule has 0 amide bonds. The fourth-order valence-corrected chi connectivity index (χ4v) is 1.76. The van der Waals surface area contributed by atoms with Gasteiger partial charge in [-0.25, -0.2) is 0 Å². The van der Waals surface area contributed by atoms with E-state index in [2.05, 4.69) is 5.32 Å². The molecule has 0 saturated heterocycles. The second-order valence-electron chi connectivity index (χ2n) is 3.99. The SMILES string of the molecule is CC(CC(F)(F)F)NCc1cc(N)cc(Cl)c1. The number of nitrogens with one attached hydrogen (secondary N) is 1. The maximum absolute atomic E-state index is 12.1. The number of hydrogen-bond acceptors (Lipinski definition) is 2. The molecule has 0 radical (unpaired) electrons. The zero-order valence-electron chi connectivity index (χ0n) is 9.31. The van der Waals surface area contributed by atoms with E-state index in [-0.39, 0.29) is 0 Å². The summed E-state index contributed by atoms with van der Waals surface area (Å²) >= 11 is 5.78. The molecule has 1 aromatic rings. The van der Waals surface area contributed by atoms with Crippen molar-refractivity contribution in [2.75, 3.05) is 5.73 Å². The third kappa shape index (κ3) is 5.79. The summed E-state index contributed by atoms with van der Waals surface area (Å²) in [6, 6.07) is 4.30. The first-order valence-electron chi connectivity index (χ1n) is 5.11. The number of benzene rings is 1. The summed E-state index contributed by atoms with van der Waals surface area (Å²) in [7, 11) is 0. The Labute approximate surface area is 103 Å². The fourth-order valence-electron chi connectivity index (χ4n) is 1.49. The van der Waals surface area contributed by atoms with Gasteiger partial charge in [-0.2, -0.15) is 13.2 Å². The monoisotopic (exact) mass is 266 g/mol. The molecule has 2 nitrogen and oxygen atoms in total. The van der Waals surface area contributed by atoms with Gasteiger partial charge >= 0.3 is 6.18 Å². The molecule has 0 aromatic heterocycles. The van der Waals surface area contributed by atoms with Gasteiger partial charge in [0.05, 0.1) is 6.42 Å². The van der Waals surface area contributed by atoms with E-state index >= 15 is 0 Å². The van der Waals surface area contributed by atoms with E-state index in [1.165, 1.54) is 6.92 Å². The molecule has 0 spiro atoms. The molecule has 96 valence electrons. The maximum atomic E-state index is 12.1. The summed E-state index contributed by atoms with van der Waals surface area (Å²) in [5, 5.41) is 3.25. The van der Waals surface area contributed by atoms with Gasteiger partial charge in [-0.1, -0.05) is 11.6 Å². The van der Waals surface area contributed by atoms with E-state index in [9.17, 15) is 13.2 Å². The molecule has 0 aliphatic heterocycles. The molecule has 0 bridgehead atoms. The van der Waals surface area contributed by atoms with Crippen molar-refractivity contribution in [1.82, 2.24) is 5.32 Å². The molecule has 0 heterocycles. The molecule has 17 heavy (non-hydrogen) atoms. The first-order valence-corrected chi connectivity index (χ1v) is 5.49. The fraction of sp³-hybridized carbons (Fsp3) is 0.455. The molecule has 1 atom stereocenters. The molecule has 1 unspecified atom stereocenters. The summed E-state index contributed by atoms with van der Waals surface area (Å²) in [5.41, 5.74) is 6.84. The van der Waals surface area contributed by atoms with Crippen LogP contribution in [0.15, 0.2) is 18.2 Å². The molecule has 0 aliphatic rings. The standard InChI is InChI=1S/C11H14ClF3N2/c1-7(5-11(13,14)15)17-6-8-2-9(12)4-10(16)3-8/h2-4,7,17H,5-6,16H2,1H3. The highest BCUT2D eigenvalue weighted by atomic mass is 35.5. The molecule has 0 fully saturated rings. The van der Waals surface area contributed by atoms with Gasteiger partial charge in [0.15, 0.2) is 0 Å². The summed E-state index contributed by atoms with van der Waals surface area (Å²) in [6.07, 6.45) is -5.01. The Kier molecular flexibility index (Phi) is 4.65. The van der Waals surface area contributed by atoms with Crippen LogP contribution in [0.25, 0.3) is 0 Å². The van der Waals surface area contributed by atoms with Gasteiger partial charge in [0.25, 0.3) is 0 Å². The van der Waals surface area contributed by atoms with Gasteiger partial charge in [-0.3, -0.25) is 0 Å². The number of rotatable bonds is 4. The topological polar surface area (TPSA) is 38.0 Å². The van der Waals surface area contributed by atoms with Crippen LogP contribution in [-0.4, -0.2) is 12.2 Å². The lowest BCUT2D eigenvalue weighted by Crippen LogP contribution is -2.30. The van der Waals surface area contributed by atoms with Crippen LogP contribution >= 0.6 is 11.6 Å². The molecule has 1 rings (SSSR count). The number of hydrogen-bond donors (Lipinski definition) is 2. The molecule has 6 heteroatoms. The minimum atomic E-state index is -4.15. The van der Waals surface area contributed by atoms with Gasteiger partial charge in [-0.15, -0.1) is 0 Å². The van der Waals surface area contributed by atoms with Gasteiger partial charge in [0.2, 0.25) is 0 Å². The smallest absolute Gasteiger partial charge is 0.390 e. The second-order valence-corrected chi connectivity index (χ2v) is 4.43. The van der Waals surface area contributed by atoms with E-state index in [1.54, 1.807) is 18.2 Å². The molecule has 0 saturated carbocycles. The van der Waals surface area contributed by atoms with E-state index in [4.69, 9.17) is 17.3 Å². The molecule has 3 N–H and O–H groups in total. The van der Waals surface area contributed by atoms with Crippen molar-refractivity contribution in [2.24, 2.45) is 0 Å². The predicted molar refractivity (Wildman–Crippen MR) is 62.8 cm³/mol. The Morgan fingerprint density at radius 3 is 2.53 bits per heavy atom. The van der Waals surface area contributed by atoms with Gasteiger partial charge < -0.3 is 11.1 Å². The minimum Gasteiger partial charge on any atom is -0.399 e. The number of alkyl halides is 3. The van der Waals surface area contributed by atoms with Crippen LogP contribution < -0.4 is 11.1 Å². The van der Waals surface area contributed by atoms with Crippen molar-refractivity contribution in [2.45, 2.75) is 32.1 Å². The van der Waals surface area contributed by atoms with Gasteiger partial charge in [0, 0.05) is 23.3 Å². The van der Waals surface area contributed by atoms with Crippen molar-refractivity contribution in [1.29, 1.82) is 0 Å². The first kappa shape index (κ1) is 14.1. The van der Waals surface area contributed by atoms with E-state index in [0.29, 0.717) is 17.3 Å². The lowest BCUT2D eigenvalue weighted by atomic mass is 10.1. The number of anilines is 1. The molecular formula is C11H14ClF3N2. The number of nitrogen functional groups attached to an aromatic ring is 1. The first-order chi connectivity index (χ1) is 7.76. The van der Waals surface area contributed by atoms with Gasteiger partial charge in [-0.05, 0) is 30.7 Å². The number of halogens is 4. The van der Waals surface area contributed by atoms with Crippen molar-refractivity contribution in [3.8, 4) is 0 Å². The Morgan fingerprint density at radius 2 is 2.00 bits per heavy atom. The van der Waals surface area contributed by atoms with Crippen molar-refractivity contribution < 1.29 is 13.2 Å². The maximum Gasteiger partial charge on any atom is 0.390 e. The van der Waals surface area contributed by atoms with E-state index in [0.717, 1.165) is 5.56 Å². The van der Waals surface area contributed by atoms with Crippen LogP contribution in [0.2, 0.25) is 5.02 Å². The van der Waals surface area contributed by atoms with Crippen LogP contribution in [0, 0.1) is 0 Å². The van der Waals surface area contributed by atoms with Crippen LogP contribution in [0.4, 0.5) is 18.9 Å². The van der Waals surface area contributed by atoms with Crippen LogP contribution in [-0.2, 0) is 6.54 Å². The van der Waals surface area contributed by atoms with Crippen LogP contribution in [0.3, 0.4) is 0 Å². The zero-order chi connectivity index (χ0) is 13.1. The van der Waals surface area contributed by atoms with Gasteiger partial charge in [0.1, 0.15) is 0 Å². The lowest BCUT2D eigenvalue weighted by molar-refractivity contribution is -0.139. The highest BCUT2D eigenvalue weighted by Gasteiger charge is 2.29. The third-order valence-electron chi connectivity index (χ3n) is 2.17. The van der Waals surface area contributed by atoms with E-state index in [1.807, 2.05) is 0 Å². The Balaban J connectivity index is 2.50. The van der Waals surface area contributed by atoms with Crippen molar-refractivity contribution >= 4 is 17.3 Å². The largest absolute Gasteiger partial charge is 0.399 e. The summed E-state index contributed by atoms with van der Waals surface area (Å²) < 4.78 is 36.2. The second kappa shape index (κ2) is 5.60. The zero-order valence-corrected chi connectivity index (χ0v) is 10.1. The van der Waals surface area contributed by atoms with E-state index < -0.39 is 18.6 Å². The summed E-state index contributed by atoms with van der Waals surface area (Å²) in [4.78, 5) is 0. The predicted octanol–water partition coefficient (Wildman–Crippen LogP) is 3.35. The summed E-state index contributed by atoms with van der Waals surface area (Å²) in [5.74, 6) is 0. The highest BCUT2D eigenvalue weighted by molar-refractivity contribution is 6.30. The molecule has 1 aromatic carbocycles. The Bertz CT molecular complexity index is 359. The Morgan fingerprint density at radius 1 is 1.35 bits per heavy atom. The number of nitrogens with two attached hydrogens (primary N) is 1.